The molecule has 2 amide bonds. The number of hydrogen-bond acceptors (Lipinski definition) is 2. The largest absolute Gasteiger partial charge is 0.349 e. The molecule has 0 atom stereocenters. The molecule has 1 heterocycles. The van der Waals surface area contributed by atoms with Gasteiger partial charge in [-0.05, 0) is 48.7 Å². The van der Waals surface area contributed by atoms with E-state index in [2.05, 4.69) is 18.0 Å². The van der Waals surface area contributed by atoms with Gasteiger partial charge in [0.05, 0.1) is 0 Å². The third-order valence-corrected chi connectivity index (χ3v) is 4.16. The standard InChI is InChI=1S/C20H20N2O2/c1-2-13-21-19(23)16-9-11-17(12-10-16)20(24)22-14-5-7-15-6-3-4-8-18(15)22/h2-4,6,8-12H,1,5,7,13-14H2,(H,21,23). The van der Waals surface area contributed by atoms with Crippen LogP contribution in [-0.2, 0) is 6.42 Å². The molecule has 122 valence electrons. The molecule has 0 bridgehead atoms. The SMILES string of the molecule is C=CCNC(=O)c1ccc(C(=O)N2CCCc3ccccc32)cc1. The van der Waals surface area contributed by atoms with Crippen LogP contribution in [0.2, 0.25) is 0 Å². The molecule has 0 saturated carbocycles. The molecule has 1 aliphatic rings. The summed E-state index contributed by atoms with van der Waals surface area (Å²) in [7, 11) is 0. The van der Waals surface area contributed by atoms with E-state index in [0.717, 1.165) is 25.1 Å². The lowest BCUT2D eigenvalue weighted by molar-refractivity contribution is 0.0953. The van der Waals surface area contributed by atoms with Crippen molar-refractivity contribution in [3.63, 3.8) is 0 Å². The molecule has 0 radical (unpaired) electrons. The molecule has 0 fully saturated rings. The number of nitrogens with one attached hydrogen (secondary N) is 1. The van der Waals surface area contributed by atoms with Crippen LogP contribution in [0.3, 0.4) is 0 Å². The smallest absolute Gasteiger partial charge is 0.258 e. The summed E-state index contributed by atoms with van der Waals surface area (Å²) in [6.07, 6.45) is 3.59. The predicted octanol–water partition coefficient (Wildman–Crippen LogP) is 3.20. The van der Waals surface area contributed by atoms with Crippen molar-refractivity contribution in [3.05, 3.63) is 77.9 Å². The monoisotopic (exact) mass is 320 g/mol. The summed E-state index contributed by atoms with van der Waals surface area (Å²) in [6.45, 7) is 4.71. The topological polar surface area (TPSA) is 49.4 Å². The van der Waals surface area contributed by atoms with Gasteiger partial charge >= 0.3 is 0 Å². The van der Waals surface area contributed by atoms with Gasteiger partial charge in [-0.25, -0.2) is 0 Å². The van der Waals surface area contributed by atoms with Crippen LogP contribution in [0, 0.1) is 0 Å². The number of fused-ring (bicyclic) bond motifs is 1. The Hall–Kier alpha value is -2.88. The van der Waals surface area contributed by atoms with Crippen LogP contribution in [0.4, 0.5) is 5.69 Å². The third-order valence-electron chi connectivity index (χ3n) is 4.16. The van der Waals surface area contributed by atoms with Crippen LogP contribution in [0.5, 0.6) is 0 Å². The predicted molar refractivity (Wildman–Crippen MR) is 95.4 cm³/mol. The molecule has 0 aliphatic carbocycles. The zero-order valence-corrected chi connectivity index (χ0v) is 13.5. The average molecular weight is 320 g/mol. The van der Waals surface area contributed by atoms with E-state index in [9.17, 15) is 9.59 Å². The van der Waals surface area contributed by atoms with Crippen molar-refractivity contribution in [2.45, 2.75) is 12.8 Å². The molecule has 4 heteroatoms. The molecule has 1 aliphatic heterocycles. The minimum absolute atomic E-state index is 0.0276. The summed E-state index contributed by atoms with van der Waals surface area (Å²) >= 11 is 0. The average Bonchev–Trinajstić information content (AvgIpc) is 2.65. The number of benzene rings is 2. The summed E-state index contributed by atoms with van der Waals surface area (Å²) in [4.78, 5) is 26.5. The second kappa shape index (κ2) is 7.13. The van der Waals surface area contributed by atoms with Crippen molar-refractivity contribution in [1.29, 1.82) is 0 Å². The van der Waals surface area contributed by atoms with Crippen molar-refractivity contribution >= 4 is 17.5 Å². The van der Waals surface area contributed by atoms with Gasteiger partial charge in [-0.1, -0.05) is 24.3 Å². The molecule has 4 nitrogen and oxygen atoms in total. The number of carbonyl (C=O) groups is 2. The highest BCUT2D eigenvalue weighted by Crippen LogP contribution is 2.28. The van der Waals surface area contributed by atoms with Crippen LogP contribution in [0.1, 0.15) is 32.7 Å². The molecule has 0 saturated heterocycles. The normalized spacial score (nSPS) is 13.1. The van der Waals surface area contributed by atoms with E-state index in [4.69, 9.17) is 0 Å². The van der Waals surface area contributed by atoms with Crippen molar-refractivity contribution in [2.24, 2.45) is 0 Å². The number of nitrogens with zero attached hydrogens (tertiary/aromatic N) is 1. The molecule has 1 N–H and O–H groups in total. The number of amides is 2. The number of anilines is 1. The van der Waals surface area contributed by atoms with Crippen molar-refractivity contribution in [2.75, 3.05) is 18.0 Å². The highest BCUT2D eigenvalue weighted by molar-refractivity contribution is 6.07. The number of para-hydroxylation sites is 1. The van der Waals surface area contributed by atoms with E-state index < -0.39 is 0 Å². The van der Waals surface area contributed by atoms with Gasteiger partial charge in [0.25, 0.3) is 11.8 Å². The van der Waals surface area contributed by atoms with Crippen LogP contribution in [0.15, 0.2) is 61.2 Å². The van der Waals surface area contributed by atoms with E-state index in [-0.39, 0.29) is 11.8 Å². The Kier molecular flexibility index (Phi) is 4.75. The quantitative estimate of drug-likeness (QED) is 0.880. The lowest BCUT2D eigenvalue weighted by atomic mass is 10.0. The van der Waals surface area contributed by atoms with Gasteiger partial charge in [-0.3, -0.25) is 9.59 Å². The van der Waals surface area contributed by atoms with Gasteiger partial charge in [-0.15, -0.1) is 6.58 Å². The molecular weight excluding hydrogens is 300 g/mol. The summed E-state index contributed by atoms with van der Waals surface area (Å²) in [5.41, 5.74) is 3.32. The Morgan fingerprint density at radius 2 is 1.79 bits per heavy atom. The molecule has 0 aromatic heterocycles. The number of aryl methyl sites for hydroxylation is 1. The fourth-order valence-corrected chi connectivity index (χ4v) is 2.93. The van der Waals surface area contributed by atoms with Gasteiger partial charge in [-0.2, -0.15) is 0 Å². The van der Waals surface area contributed by atoms with E-state index >= 15 is 0 Å². The Labute approximate surface area is 141 Å². The van der Waals surface area contributed by atoms with Gasteiger partial charge in [0.1, 0.15) is 0 Å². The Bertz CT molecular complexity index is 765. The van der Waals surface area contributed by atoms with Crippen LogP contribution < -0.4 is 10.2 Å². The first-order chi connectivity index (χ1) is 11.7. The maximum atomic E-state index is 12.8. The summed E-state index contributed by atoms with van der Waals surface area (Å²) < 4.78 is 0. The maximum absolute atomic E-state index is 12.8. The number of carbonyl (C=O) groups excluding carboxylic acids is 2. The lowest BCUT2D eigenvalue weighted by Crippen LogP contribution is -2.35. The van der Waals surface area contributed by atoms with Crippen LogP contribution in [0.25, 0.3) is 0 Å². The molecule has 2 aromatic carbocycles. The maximum Gasteiger partial charge on any atom is 0.258 e. The molecule has 24 heavy (non-hydrogen) atoms. The Balaban J connectivity index is 1.79. The molecule has 3 rings (SSSR count). The van der Waals surface area contributed by atoms with E-state index in [1.807, 2.05) is 23.1 Å². The third kappa shape index (κ3) is 3.23. The van der Waals surface area contributed by atoms with Crippen LogP contribution in [-0.4, -0.2) is 24.9 Å². The summed E-state index contributed by atoms with van der Waals surface area (Å²) in [5.74, 6) is -0.197. The zero-order chi connectivity index (χ0) is 16.9. The first-order valence-electron chi connectivity index (χ1n) is 8.09. The highest BCUT2D eigenvalue weighted by Gasteiger charge is 2.23. The lowest BCUT2D eigenvalue weighted by Gasteiger charge is -2.29. The number of rotatable bonds is 4. The zero-order valence-electron chi connectivity index (χ0n) is 13.5. The van der Waals surface area contributed by atoms with Crippen LogP contribution >= 0.6 is 0 Å². The van der Waals surface area contributed by atoms with Gasteiger partial charge in [0, 0.05) is 29.9 Å². The van der Waals surface area contributed by atoms with Crippen molar-refractivity contribution in [1.82, 2.24) is 5.32 Å². The number of hydrogen-bond donors (Lipinski definition) is 1. The van der Waals surface area contributed by atoms with Gasteiger partial charge in [0.2, 0.25) is 0 Å². The molecule has 0 spiro atoms. The van der Waals surface area contributed by atoms with Crippen molar-refractivity contribution < 1.29 is 9.59 Å². The summed E-state index contributed by atoms with van der Waals surface area (Å²) in [6, 6.07) is 14.8. The Morgan fingerprint density at radius 3 is 2.54 bits per heavy atom. The van der Waals surface area contributed by atoms with Gasteiger partial charge < -0.3 is 10.2 Å². The van der Waals surface area contributed by atoms with E-state index in [1.165, 1.54) is 5.56 Å². The second-order valence-corrected chi connectivity index (χ2v) is 5.77. The highest BCUT2D eigenvalue weighted by atomic mass is 16.2. The van der Waals surface area contributed by atoms with Gasteiger partial charge in [0.15, 0.2) is 0 Å². The van der Waals surface area contributed by atoms with E-state index in [1.54, 1.807) is 30.3 Å². The fraction of sp³-hybridized carbons (Fsp3) is 0.200. The summed E-state index contributed by atoms with van der Waals surface area (Å²) in [5, 5.41) is 2.72. The first-order valence-corrected chi connectivity index (χ1v) is 8.09. The minimum atomic E-state index is -0.169. The Morgan fingerprint density at radius 1 is 1.08 bits per heavy atom. The minimum Gasteiger partial charge on any atom is -0.349 e. The fourth-order valence-electron chi connectivity index (χ4n) is 2.93. The first kappa shape index (κ1) is 16.0. The molecule has 2 aromatic rings. The second-order valence-electron chi connectivity index (χ2n) is 5.77. The van der Waals surface area contributed by atoms with E-state index in [0.29, 0.717) is 17.7 Å². The molecule has 0 unspecified atom stereocenters. The van der Waals surface area contributed by atoms with Crippen molar-refractivity contribution in [3.8, 4) is 0 Å². The molecular formula is C20H20N2O2.